The lowest BCUT2D eigenvalue weighted by atomic mass is 9.79. The lowest BCUT2D eigenvalue weighted by Crippen LogP contribution is -2.56. The van der Waals surface area contributed by atoms with Crippen molar-refractivity contribution in [1.82, 2.24) is 0 Å². The molecule has 1 spiro atoms. The number of hydrogen-bond acceptors (Lipinski definition) is 6. The first-order valence-electron chi connectivity index (χ1n) is 8.41. The van der Waals surface area contributed by atoms with E-state index >= 15 is 0 Å². The smallest absolute Gasteiger partial charge is 0.338 e. The number of aliphatic hydroxyl groups is 1. The van der Waals surface area contributed by atoms with Crippen LogP contribution >= 0.6 is 0 Å². The van der Waals surface area contributed by atoms with Crippen LogP contribution in [0, 0.1) is 0 Å². The van der Waals surface area contributed by atoms with Crippen molar-refractivity contribution >= 4 is 5.97 Å². The Kier molecular flexibility index (Phi) is 4.78. The van der Waals surface area contributed by atoms with Crippen LogP contribution in [0.5, 0.6) is 0 Å². The topological polar surface area (TPSA) is 74.2 Å². The summed E-state index contributed by atoms with van der Waals surface area (Å²) < 4.78 is 23.0. The van der Waals surface area contributed by atoms with Gasteiger partial charge in [0.1, 0.15) is 6.10 Å². The molecule has 23 heavy (non-hydrogen) atoms. The summed E-state index contributed by atoms with van der Waals surface area (Å²) in [5.41, 5.74) is -1.59. The van der Waals surface area contributed by atoms with Crippen LogP contribution in [0.4, 0.5) is 0 Å². The molecule has 0 aromatic carbocycles. The standard InChI is InChI=1S/C17H26O6/c1-3-9-21-12-10-16(19,15(18)20-2)11-13-14(12)23-17(22-13)7-5-4-6-8-17/h3,12-14,19H,1,4-11H2,2H3/t12-,13-,14+,16-/m1/s1. The maximum Gasteiger partial charge on any atom is 0.338 e. The van der Waals surface area contributed by atoms with Gasteiger partial charge >= 0.3 is 5.97 Å². The minimum Gasteiger partial charge on any atom is -0.467 e. The molecule has 3 fully saturated rings. The zero-order valence-corrected chi connectivity index (χ0v) is 13.7. The maximum atomic E-state index is 12.0. The highest BCUT2D eigenvalue weighted by Gasteiger charge is 2.59. The Labute approximate surface area is 136 Å². The van der Waals surface area contributed by atoms with Crippen molar-refractivity contribution in [3.05, 3.63) is 12.7 Å². The predicted molar refractivity (Wildman–Crippen MR) is 81.7 cm³/mol. The van der Waals surface area contributed by atoms with Gasteiger partial charge in [0.15, 0.2) is 11.4 Å². The number of methoxy groups -OCH3 is 1. The number of ether oxygens (including phenoxy) is 4. The average molecular weight is 326 g/mol. The molecule has 0 amide bonds. The van der Waals surface area contributed by atoms with Gasteiger partial charge < -0.3 is 24.1 Å². The molecule has 1 aliphatic heterocycles. The molecule has 0 aromatic rings. The molecule has 0 bridgehead atoms. The fourth-order valence-electron chi connectivity index (χ4n) is 4.06. The van der Waals surface area contributed by atoms with Crippen molar-refractivity contribution in [1.29, 1.82) is 0 Å². The molecule has 2 aliphatic carbocycles. The second-order valence-corrected chi connectivity index (χ2v) is 6.80. The Morgan fingerprint density at radius 1 is 1.30 bits per heavy atom. The minimum absolute atomic E-state index is 0.147. The Bertz CT molecular complexity index is 458. The van der Waals surface area contributed by atoms with Crippen LogP contribution in [0.15, 0.2) is 12.7 Å². The Hall–Kier alpha value is -0.950. The van der Waals surface area contributed by atoms with Crippen LogP contribution in [-0.2, 0) is 23.7 Å². The molecule has 2 saturated carbocycles. The molecule has 1 saturated heterocycles. The summed E-state index contributed by atoms with van der Waals surface area (Å²) in [5.74, 6) is -1.22. The summed E-state index contributed by atoms with van der Waals surface area (Å²) in [6, 6.07) is 0. The molecule has 1 N–H and O–H groups in total. The van der Waals surface area contributed by atoms with Gasteiger partial charge in [0.2, 0.25) is 0 Å². The van der Waals surface area contributed by atoms with Crippen LogP contribution in [0.25, 0.3) is 0 Å². The Morgan fingerprint density at radius 2 is 2.04 bits per heavy atom. The first kappa shape index (κ1) is 16.9. The summed E-state index contributed by atoms with van der Waals surface area (Å²) in [5, 5.41) is 10.7. The van der Waals surface area contributed by atoms with Crippen LogP contribution in [-0.4, -0.2) is 54.5 Å². The normalized spacial score (nSPS) is 39.0. The van der Waals surface area contributed by atoms with Crippen molar-refractivity contribution < 1.29 is 28.8 Å². The zero-order chi connectivity index (χ0) is 16.5. The molecular weight excluding hydrogens is 300 g/mol. The zero-order valence-electron chi connectivity index (χ0n) is 13.7. The minimum atomic E-state index is -1.59. The molecule has 6 nitrogen and oxygen atoms in total. The lowest BCUT2D eigenvalue weighted by Gasteiger charge is -2.39. The van der Waals surface area contributed by atoms with Gasteiger partial charge in [-0.3, -0.25) is 0 Å². The summed E-state index contributed by atoms with van der Waals surface area (Å²) in [7, 11) is 1.28. The molecule has 4 atom stereocenters. The third kappa shape index (κ3) is 3.18. The van der Waals surface area contributed by atoms with Gasteiger partial charge in [-0.1, -0.05) is 12.5 Å². The predicted octanol–water partition coefficient (Wildman–Crippen LogP) is 1.70. The van der Waals surface area contributed by atoms with Crippen molar-refractivity contribution in [3.63, 3.8) is 0 Å². The molecule has 1 heterocycles. The van der Waals surface area contributed by atoms with E-state index < -0.39 is 23.5 Å². The third-order valence-corrected chi connectivity index (χ3v) is 5.14. The largest absolute Gasteiger partial charge is 0.467 e. The van der Waals surface area contributed by atoms with Crippen molar-refractivity contribution in [3.8, 4) is 0 Å². The number of fused-ring (bicyclic) bond motifs is 1. The number of rotatable bonds is 4. The molecule has 0 aromatic heterocycles. The first-order valence-corrected chi connectivity index (χ1v) is 8.41. The number of esters is 1. The highest BCUT2D eigenvalue weighted by Crippen LogP contribution is 2.47. The van der Waals surface area contributed by atoms with E-state index in [0.717, 1.165) is 25.7 Å². The van der Waals surface area contributed by atoms with Crippen LogP contribution in [0.2, 0.25) is 0 Å². The molecular formula is C17H26O6. The number of carbonyl (C=O) groups is 1. The second-order valence-electron chi connectivity index (χ2n) is 6.80. The van der Waals surface area contributed by atoms with Crippen LogP contribution in [0.1, 0.15) is 44.9 Å². The van der Waals surface area contributed by atoms with Crippen molar-refractivity contribution in [2.45, 2.75) is 74.6 Å². The van der Waals surface area contributed by atoms with Gasteiger partial charge in [0.05, 0.1) is 25.9 Å². The SMILES string of the molecule is C=CCO[C@@H]1C[C@](O)(C(=O)OC)C[C@H]2OC3(CCCCC3)O[C@@H]12. The highest BCUT2D eigenvalue weighted by atomic mass is 16.8. The number of hydrogen-bond donors (Lipinski definition) is 1. The van der Waals surface area contributed by atoms with E-state index in [4.69, 9.17) is 18.9 Å². The van der Waals surface area contributed by atoms with E-state index in [9.17, 15) is 9.90 Å². The van der Waals surface area contributed by atoms with E-state index in [1.807, 2.05) is 0 Å². The van der Waals surface area contributed by atoms with E-state index in [0.29, 0.717) is 6.61 Å². The van der Waals surface area contributed by atoms with Crippen LogP contribution in [0.3, 0.4) is 0 Å². The van der Waals surface area contributed by atoms with E-state index in [-0.39, 0.29) is 25.0 Å². The average Bonchev–Trinajstić information content (AvgIpc) is 2.89. The van der Waals surface area contributed by atoms with Crippen molar-refractivity contribution in [2.75, 3.05) is 13.7 Å². The van der Waals surface area contributed by atoms with Crippen LogP contribution < -0.4 is 0 Å². The molecule has 0 radical (unpaired) electrons. The highest BCUT2D eigenvalue weighted by molar-refractivity contribution is 5.79. The van der Waals surface area contributed by atoms with Gasteiger partial charge in [-0.2, -0.15) is 0 Å². The Balaban J connectivity index is 1.80. The quantitative estimate of drug-likeness (QED) is 0.626. The molecule has 0 unspecified atom stereocenters. The number of carbonyl (C=O) groups excluding carboxylic acids is 1. The van der Waals surface area contributed by atoms with E-state index in [1.54, 1.807) is 6.08 Å². The molecule has 3 rings (SSSR count). The molecule has 130 valence electrons. The van der Waals surface area contributed by atoms with Crippen molar-refractivity contribution in [2.24, 2.45) is 0 Å². The van der Waals surface area contributed by atoms with E-state index in [2.05, 4.69) is 6.58 Å². The van der Waals surface area contributed by atoms with Gasteiger partial charge in [0, 0.05) is 25.7 Å². The van der Waals surface area contributed by atoms with Gasteiger partial charge in [-0.25, -0.2) is 4.79 Å². The fourth-order valence-corrected chi connectivity index (χ4v) is 4.06. The summed E-state index contributed by atoms with van der Waals surface area (Å²) >= 11 is 0. The molecule has 3 aliphatic rings. The fraction of sp³-hybridized carbons (Fsp3) is 0.824. The third-order valence-electron chi connectivity index (χ3n) is 5.14. The molecule has 6 heteroatoms. The monoisotopic (exact) mass is 326 g/mol. The lowest BCUT2D eigenvalue weighted by molar-refractivity contribution is -0.200. The summed E-state index contributed by atoms with van der Waals surface area (Å²) in [6.45, 7) is 3.99. The maximum absolute atomic E-state index is 12.0. The summed E-state index contributed by atoms with van der Waals surface area (Å²) in [4.78, 5) is 12.0. The van der Waals surface area contributed by atoms with E-state index in [1.165, 1.54) is 13.5 Å². The Morgan fingerprint density at radius 3 is 2.70 bits per heavy atom. The summed E-state index contributed by atoms with van der Waals surface area (Å²) in [6.07, 6.45) is 5.96. The second kappa shape index (κ2) is 6.51. The first-order chi connectivity index (χ1) is 11.0. The van der Waals surface area contributed by atoms with Gasteiger partial charge in [0.25, 0.3) is 0 Å². The van der Waals surface area contributed by atoms with Gasteiger partial charge in [-0.15, -0.1) is 6.58 Å². The van der Waals surface area contributed by atoms with Gasteiger partial charge in [-0.05, 0) is 12.8 Å².